The van der Waals surface area contributed by atoms with E-state index < -0.39 is 39.2 Å². The Morgan fingerprint density at radius 1 is 0.971 bits per heavy atom. The Hall–Kier alpha value is -3.90. The van der Waals surface area contributed by atoms with Gasteiger partial charge in [-0.1, -0.05) is 30.3 Å². The van der Waals surface area contributed by atoms with Crippen LogP contribution in [0.25, 0.3) is 6.08 Å². The number of fused-ring (bicyclic) bond motifs is 1. The summed E-state index contributed by atoms with van der Waals surface area (Å²) < 4.78 is 26.4. The second-order valence-electron chi connectivity index (χ2n) is 7.72. The van der Waals surface area contributed by atoms with Crippen molar-refractivity contribution in [2.24, 2.45) is 0 Å². The molecule has 1 saturated heterocycles. The smallest absolute Gasteiger partial charge is 0.270 e. The average molecular weight is 484 g/mol. The third-order valence-electron chi connectivity index (χ3n) is 5.64. The summed E-state index contributed by atoms with van der Waals surface area (Å²) in [5, 5.41) is 12.1. The molecule has 2 aromatic rings. The zero-order valence-electron chi connectivity index (χ0n) is 17.9. The van der Waals surface area contributed by atoms with Crippen LogP contribution in [-0.4, -0.2) is 77.9 Å². The number of rotatable bonds is 6. The summed E-state index contributed by atoms with van der Waals surface area (Å²) in [5.74, 6) is -1.99. The SMILES string of the molecule is O=C(CN1C(=O)c2ccc([N+](=O)[O-])cc2C1=O)N1CCN(S(=O)(=O)/C=C/c2ccccc2)CC1. The number of carbonyl (C=O) groups excluding carboxylic acids is 3. The molecule has 1 fully saturated rings. The standard InChI is InChI=1S/C22H20N4O7S/c27-20(15-25-21(28)18-7-6-17(26(30)31)14-19(18)22(25)29)23-9-11-24(12-10-23)34(32,33)13-8-16-4-2-1-3-5-16/h1-8,13-14H,9-12,15H2/b13-8+. The molecule has 0 N–H and O–H groups in total. The Morgan fingerprint density at radius 3 is 2.26 bits per heavy atom. The molecule has 0 bridgehead atoms. The summed E-state index contributed by atoms with van der Waals surface area (Å²) in [6.07, 6.45) is 1.50. The predicted molar refractivity (Wildman–Crippen MR) is 121 cm³/mol. The van der Waals surface area contributed by atoms with Gasteiger partial charge in [0.2, 0.25) is 15.9 Å². The van der Waals surface area contributed by atoms with Gasteiger partial charge in [-0.05, 0) is 17.7 Å². The van der Waals surface area contributed by atoms with Crippen molar-refractivity contribution in [2.75, 3.05) is 32.7 Å². The fourth-order valence-corrected chi connectivity index (χ4v) is 4.95. The molecule has 11 nitrogen and oxygen atoms in total. The van der Waals surface area contributed by atoms with Gasteiger partial charge in [-0.3, -0.25) is 29.4 Å². The molecule has 4 rings (SSSR count). The molecule has 0 aliphatic carbocycles. The molecule has 2 heterocycles. The highest BCUT2D eigenvalue weighted by Crippen LogP contribution is 2.27. The molecule has 176 valence electrons. The third-order valence-corrected chi connectivity index (χ3v) is 7.21. The highest BCUT2D eigenvalue weighted by molar-refractivity contribution is 7.92. The van der Waals surface area contributed by atoms with Crippen molar-refractivity contribution in [2.45, 2.75) is 0 Å². The molecule has 3 amide bonds. The zero-order valence-corrected chi connectivity index (χ0v) is 18.7. The summed E-state index contributed by atoms with van der Waals surface area (Å²) in [7, 11) is -3.68. The maximum atomic E-state index is 12.7. The number of sulfonamides is 1. The molecule has 12 heteroatoms. The molecule has 34 heavy (non-hydrogen) atoms. The van der Waals surface area contributed by atoms with Crippen LogP contribution in [0, 0.1) is 10.1 Å². The van der Waals surface area contributed by atoms with Gasteiger partial charge < -0.3 is 4.90 Å². The van der Waals surface area contributed by atoms with Crippen molar-refractivity contribution < 1.29 is 27.7 Å². The first-order valence-electron chi connectivity index (χ1n) is 10.3. The molecule has 2 aliphatic rings. The number of hydrogen-bond acceptors (Lipinski definition) is 7. The molecule has 0 saturated carbocycles. The highest BCUT2D eigenvalue weighted by Gasteiger charge is 2.39. The lowest BCUT2D eigenvalue weighted by Gasteiger charge is -2.34. The first-order chi connectivity index (χ1) is 16.2. The Morgan fingerprint density at radius 2 is 1.62 bits per heavy atom. The largest absolute Gasteiger partial charge is 0.338 e. The average Bonchev–Trinajstić information content (AvgIpc) is 3.07. The normalized spacial score (nSPS) is 16.8. The van der Waals surface area contributed by atoms with E-state index in [2.05, 4.69) is 0 Å². The van der Waals surface area contributed by atoms with E-state index in [0.717, 1.165) is 28.0 Å². The first-order valence-corrected chi connectivity index (χ1v) is 11.8. The number of nitro benzene ring substituents is 1. The molecule has 0 atom stereocenters. The fraction of sp³-hybridized carbons (Fsp3) is 0.227. The van der Waals surface area contributed by atoms with Gasteiger partial charge in [0.05, 0.1) is 16.1 Å². The van der Waals surface area contributed by atoms with Gasteiger partial charge in [0.1, 0.15) is 6.54 Å². The van der Waals surface area contributed by atoms with Crippen LogP contribution in [0.1, 0.15) is 26.3 Å². The minimum atomic E-state index is -3.68. The van der Waals surface area contributed by atoms with E-state index in [-0.39, 0.29) is 43.0 Å². The lowest BCUT2D eigenvalue weighted by atomic mass is 10.1. The van der Waals surface area contributed by atoms with Crippen LogP contribution >= 0.6 is 0 Å². The molecule has 2 aromatic carbocycles. The van der Waals surface area contributed by atoms with Gasteiger partial charge in [0.15, 0.2) is 0 Å². The van der Waals surface area contributed by atoms with Crippen molar-refractivity contribution in [1.82, 2.24) is 14.1 Å². The van der Waals surface area contributed by atoms with Crippen molar-refractivity contribution in [3.63, 3.8) is 0 Å². The summed E-state index contributed by atoms with van der Waals surface area (Å²) in [6, 6.07) is 12.3. The Balaban J connectivity index is 1.37. The number of amides is 3. The molecule has 0 radical (unpaired) electrons. The number of non-ortho nitro benzene ring substituents is 1. The Bertz CT molecular complexity index is 1300. The second-order valence-corrected chi connectivity index (χ2v) is 9.54. The fourth-order valence-electron chi connectivity index (χ4n) is 3.78. The second kappa shape index (κ2) is 9.15. The minimum Gasteiger partial charge on any atom is -0.338 e. The maximum Gasteiger partial charge on any atom is 0.270 e. The Labute approximate surface area is 195 Å². The summed E-state index contributed by atoms with van der Waals surface area (Å²) >= 11 is 0. The molecular formula is C22H20N4O7S. The van der Waals surface area contributed by atoms with Crippen molar-refractivity contribution in [3.8, 4) is 0 Å². The van der Waals surface area contributed by atoms with Crippen LogP contribution in [0.4, 0.5) is 5.69 Å². The van der Waals surface area contributed by atoms with E-state index in [9.17, 15) is 32.9 Å². The molecule has 2 aliphatic heterocycles. The van der Waals surface area contributed by atoms with E-state index in [4.69, 9.17) is 0 Å². The van der Waals surface area contributed by atoms with E-state index in [0.29, 0.717) is 0 Å². The summed E-state index contributed by atoms with van der Waals surface area (Å²) in [6.45, 7) is -0.179. The molecule has 0 spiro atoms. The van der Waals surface area contributed by atoms with Gasteiger partial charge in [-0.15, -0.1) is 0 Å². The Kier molecular flexibility index (Phi) is 6.26. The van der Waals surface area contributed by atoms with Gasteiger partial charge in [-0.25, -0.2) is 8.42 Å². The maximum absolute atomic E-state index is 12.7. The number of nitro groups is 1. The molecule has 0 aromatic heterocycles. The highest BCUT2D eigenvalue weighted by atomic mass is 32.2. The lowest BCUT2D eigenvalue weighted by Crippen LogP contribution is -2.52. The van der Waals surface area contributed by atoms with Crippen LogP contribution in [-0.2, 0) is 14.8 Å². The third kappa shape index (κ3) is 4.58. The van der Waals surface area contributed by atoms with Crippen LogP contribution < -0.4 is 0 Å². The van der Waals surface area contributed by atoms with E-state index in [1.807, 2.05) is 6.07 Å². The van der Waals surface area contributed by atoms with E-state index in [1.165, 1.54) is 21.3 Å². The first kappa shape index (κ1) is 23.3. The summed E-state index contributed by atoms with van der Waals surface area (Å²) in [4.78, 5) is 50.3. The lowest BCUT2D eigenvalue weighted by molar-refractivity contribution is -0.384. The zero-order chi connectivity index (χ0) is 24.5. The van der Waals surface area contributed by atoms with Crippen LogP contribution in [0.3, 0.4) is 0 Å². The number of benzene rings is 2. The van der Waals surface area contributed by atoms with Gasteiger partial charge in [0, 0.05) is 43.7 Å². The van der Waals surface area contributed by atoms with Crippen LogP contribution in [0.5, 0.6) is 0 Å². The minimum absolute atomic E-state index is 0.00418. The molecule has 0 unspecified atom stereocenters. The predicted octanol–water partition coefficient (Wildman–Crippen LogP) is 1.34. The van der Waals surface area contributed by atoms with E-state index >= 15 is 0 Å². The number of imide groups is 1. The quantitative estimate of drug-likeness (QED) is 0.342. The number of carbonyl (C=O) groups is 3. The number of piperazine rings is 1. The van der Waals surface area contributed by atoms with Crippen molar-refractivity contribution >= 4 is 39.5 Å². The summed E-state index contributed by atoms with van der Waals surface area (Å²) in [5.41, 5.74) is 0.301. The number of hydrogen-bond donors (Lipinski definition) is 0. The van der Waals surface area contributed by atoms with E-state index in [1.54, 1.807) is 24.3 Å². The van der Waals surface area contributed by atoms with Crippen molar-refractivity contribution in [1.29, 1.82) is 0 Å². The van der Waals surface area contributed by atoms with Crippen LogP contribution in [0.2, 0.25) is 0 Å². The molecular weight excluding hydrogens is 464 g/mol. The topological polar surface area (TPSA) is 138 Å². The number of nitrogens with zero attached hydrogens (tertiary/aromatic N) is 4. The van der Waals surface area contributed by atoms with Gasteiger partial charge in [-0.2, -0.15) is 4.31 Å². The van der Waals surface area contributed by atoms with Crippen molar-refractivity contribution in [3.05, 3.63) is 80.7 Å². The van der Waals surface area contributed by atoms with Crippen LogP contribution in [0.15, 0.2) is 53.9 Å². The monoisotopic (exact) mass is 484 g/mol. The van der Waals surface area contributed by atoms with Gasteiger partial charge in [0.25, 0.3) is 17.5 Å². The van der Waals surface area contributed by atoms with Gasteiger partial charge >= 0.3 is 0 Å².